The molecule has 0 saturated heterocycles. The number of imide groups is 1. The lowest BCUT2D eigenvalue weighted by molar-refractivity contribution is -0.384. The molecule has 0 atom stereocenters. The number of hydrogen-bond donors (Lipinski definition) is 0. The van der Waals surface area contributed by atoms with Crippen molar-refractivity contribution in [3.8, 4) is 0 Å². The standard InChI is InChI=1S/C14H10N2O7S/c1-2-24(21,22)23-15-13(17)10-5-3-4-8-6-9(16(19)20)7-11(12(8)10)14(15)18/h3-7H,2H2,1H3. The molecule has 0 aromatic heterocycles. The molecule has 3 rings (SSSR count). The maximum Gasteiger partial charge on any atom is 0.288 e. The Morgan fingerprint density at radius 2 is 1.83 bits per heavy atom. The summed E-state index contributed by atoms with van der Waals surface area (Å²) >= 11 is 0. The number of carbonyl (C=O) groups excluding carboxylic acids is 2. The van der Waals surface area contributed by atoms with Crippen LogP contribution in [0.3, 0.4) is 0 Å². The van der Waals surface area contributed by atoms with E-state index in [2.05, 4.69) is 4.28 Å². The molecule has 0 unspecified atom stereocenters. The van der Waals surface area contributed by atoms with Crippen LogP contribution in [0.25, 0.3) is 10.8 Å². The Morgan fingerprint density at radius 3 is 2.46 bits per heavy atom. The molecule has 2 aromatic rings. The first-order valence-electron chi connectivity index (χ1n) is 6.77. The van der Waals surface area contributed by atoms with Gasteiger partial charge in [0.1, 0.15) is 0 Å². The van der Waals surface area contributed by atoms with Crippen LogP contribution in [0, 0.1) is 10.1 Å². The van der Waals surface area contributed by atoms with Crippen molar-refractivity contribution in [3.63, 3.8) is 0 Å². The van der Waals surface area contributed by atoms with Gasteiger partial charge in [-0.15, -0.1) is 9.35 Å². The van der Waals surface area contributed by atoms with Crippen molar-refractivity contribution in [3.05, 3.63) is 51.6 Å². The molecular formula is C14H10N2O7S. The smallest absolute Gasteiger partial charge is 0.266 e. The number of nitro groups is 1. The molecule has 1 aliphatic heterocycles. The largest absolute Gasteiger partial charge is 0.288 e. The highest BCUT2D eigenvalue weighted by Gasteiger charge is 2.37. The van der Waals surface area contributed by atoms with Crippen molar-refractivity contribution in [2.45, 2.75) is 6.92 Å². The molecule has 0 bridgehead atoms. The summed E-state index contributed by atoms with van der Waals surface area (Å²) < 4.78 is 27.8. The molecule has 9 nitrogen and oxygen atoms in total. The molecule has 0 radical (unpaired) electrons. The summed E-state index contributed by atoms with van der Waals surface area (Å²) in [5.41, 5.74) is -0.486. The third-order valence-corrected chi connectivity index (χ3v) is 4.63. The van der Waals surface area contributed by atoms with Gasteiger partial charge in [0.2, 0.25) is 0 Å². The Hall–Kier alpha value is -2.85. The first-order valence-corrected chi connectivity index (χ1v) is 8.35. The van der Waals surface area contributed by atoms with Crippen molar-refractivity contribution < 1.29 is 27.2 Å². The minimum absolute atomic E-state index is 0.0308. The van der Waals surface area contributed by atoms with Gasteiger partial charge < -0.3 is 0 Å². The van der Waals surface area contributed by atoms with E-state index in [-0.39, 0.29) is 27.3 Å². The SMILES string of the molecule is CCS(=O)(=O)ON1C(=O)c2cccc3cc([N+](=O)[O-])cc(c23)C1=O. The van der Waals surface area contributed by atoms with Crippen LogP contribution in [0.2, 0.25) is 0 Å². The van der Waals surface area contributed by atoms with Crippen LogP contribution in [-0.2, 0) is 14.4 Å². The average Bonchev–Trinajstić information content (AvgIpc) is 2.55. The lowest BCUT2D eigenvalue weighted by Crippen LogP contribution is -2.42. The Bertz CT molecular complexity index is 1010. The molecule has 124 valence electrons. The van der Waals surface area contributed by atoms with Crippen LogP contribution in [0.15, 0.2) is 30.3 Å². The predicted molar refractivity (Wildman–Crippen MR) is 81.6 cm³/mol. The zero-order chi connectivity index (χ0) is 17.6. The van der Waals surface area contributed by atoms with Crippen LogP contribution in [-0.4, -0.2) is 36.0 Å². The van der Waals surface area contributed by atoms with Crippen molar-refractivity contribution in [1.29, 1.82) is 0 Å². The average molecular weight is 350 g/mol. The molecule has 0 N–H and O–H groups in total. The number of hydroxylamine groups is 2. The second kappa shape index (κ2) is 5.35. The molecule has 0 fully saturated rings. The predicted octanol–water partition coefficient (Wildman–Crippen LogP) is 1.63. The van der Waals surface area contributed by atoms with Crippen LogP contribution in [0.1, 0.15) is 27.6 Å². The Morgan fingerprint density at radius 1 is 1.17 bits per heavy atom. The molecule has 2 amide bonds. The number of non-ortho nitro benzene ring substituents is 1. The number of amides is 2. The van der Waals surface area contributed by atoms with Gasteiger partial charge in [-0.2, -0.15) is 8.42 Å². The second-order valence-electron chi connectivity index (χ2n) is 4.98. The summed E-state index contributed by atoms with van der Waals surface area (Å²) in [5.74, 6) is -2.45. The van der Waals surface area contributed by atoms with E-state index in [1.165, 1.54) is 31.2 Å². The number of nitro benzene ring substituents is 1. The van der Waals surface area contributed by atoms with E-state index in [9.17, 15) is 28.1 Å². The fraction of sp³-hybridized carbons (Fsp3) is 0.143. The zero-order valence-corrected chi connectivity index (χ0v) is 13.1. The summed E-state index contributed by atoms with van der Waals surface area (Å²) in [6.45, 7) is 1.29. The van der Waals surface area contributed by atoms with Crippen molar-refractivity contribution in [1.82, 2.24) is 5.06 Å². The van der Waals surface area contributed by atoms with E-state index < -0.39 is 32.6 Å². The van der Waals surface area contributed by atoms with Gasteiger partial charge in [0.25, 0.3) is 27.6 Å². The van der Waals surface area contributed by atoms with Crippen molar-refractivity contribution in [2.24, 2.45) is 0 Å². The topological polar surface area (TPSA) is 124 Å². The van der Waals surface area contributed by atoms with E-state index in [1.807, 2.05) is 0 Å². The normalized spacial score (nSPS) is 14.3. The summed E-state index contributed by atoms with van der Waals surface area (Å²) in [7, 11) is -4.13. The molecule has 1 aliphatic rings. The molecule has 10 heteroatoms. The molecular weight excluding hydrogens is 340 g/mol. The Kier molecular flexibility index (Phi) is 3.57. The number of carbonyl (C=O) groups is 2. The van der Waals surface area contributed by atoms with E-state index in [0.717, 1.165) is 6.07 Å². The highest BCUT2D eigenvalue weighted by Crippen LogP contribution is 2.33. The van der Waals surface area contributed by atoms with Gasteiger partial charge in [-0.05, 0) is 18.4 Å². The fourth-order valence-corrected chi connectivity index (χ4v) is 2.88. The molecule has 24 heavy (non-hydrogen) atoms. The number of nitrogens with zero attached hydrogens (tertiary/aromatic N) is 2. The summed E-state index contributed by atoms with van der Waals surface area (Å²) in [5, 5.41) is 11.7. The van der Waals surface area contributed by atoms with E-state index in [0.29, 0.717) is 5.39 Å². The number of rotatable bonds is 4. The van der Waals surface area contributed by atoms with E-state index >= 15 is 0 Å². The second-order valence-corrected chi connectivity index (χ2v) is 6.82. The highest BCUT2D eigenvalue weighted by molar-refractivity contribution is 7.86. The monoisotopic (exact) mass is 350 g/mol. The van der Waals surface area contributed by atoms with Gasteiger partial charge in [0, 0.05) is 17.5 Å². The van der Waals surface area contributed by atoms with Crippen LogP contribution >= 0.6 is 0 Å². The van der Waals surface area contributed by atoms with Gasteiger partial charge in [-0.25, -0.2) is 0 Å². The molecule has 1 heterocycles. The minimum Gasteiger partial charge on any atom is -0.266 e. The maximum atomic E-state index is 12.5. The van der Waals surface area contributed by atoms with Crippen molar-refractivity contribution in [2.75, 3.05) is 5.75 Å². The quantitative estimate of drug-likeness (QED) is 0.466. The first kappa shape index (κ1) is 16.0. The highest BCUT2D eigenvalue weighted by atomic mass is 32.2. The Labute approximate surface area is 135 Å². The minimum atomic E-state index is -4.13. The van der Waals surface area contributed by atoms with Gasteiger partial charge in [0.05, 0.1) is 21.8 Å². The van der Waals surface area contributed by atoms with E-state index in [1.54, 1.807) is 0 Å². The Balaban J connectivity index is 2.26. The third kappa shape index (κ3) is 2.41. The number of benzene rings is 2. The maximum absolute atomic E-state index is 12.5. The van der Waals surface area contributed by atoms with Crippen LogP contribution in [0.4, 0.5) is 5.69 Å². The molecule has 2 aromatic carbocycles. The molecule has 0 saturated carbocycles. The summed E-state index contributed by atoms with van der Waals surface area (Å²) in [6.07, 6.45) is 0. The van der Waals surface area contributed by atoms with Gasteiger partial charge in [-0.3, -0.25) is 19.7 Å². The summed E-state index contributed by atoms with van der Waals surface area (Å²) in [6, 6.07) is 6.62. The van der Waals surface area contributed by atoms with Crippen LogP contribution < -0.4 is 0 Å². The fourth-order valence-electron chi connectivity index (χ4n) is 2.41. The van der Waals surface area contributed by atoms with Gasteiger partial charge in [-0.1, -0.05) is 12.1 Å². The zero-order valence-electron chi connectivity index (χ0n) is 12.3. The van der Waals surface area contributed by atoms with Gasteiger partial charge >= 0.3 is 0 Å². The van der Waals surface area contributed by atoms with Gasteiger partial charge in [0.15, 0.2) is 0 Å². The van der Waals surface area contributed by atoms with E-state index in [4.69, 9.17) is 0 Å². The van der Waals surface area contributed by atoms with Crippen LogP contribution in [0.5, 0.6) is 0 Å². The van der Waals surface area contributed by atoms with Crippen molar-refractivity contribution >= 4 is 38.4 Å². The summed E-state index contributed by atoms with van der Waals surface area (Å²) in [4.78, 5) is 35.2. The lowest BCUT2D eigenvalue weighted by atomic mass is 9.94. The first-order chi connectivity index (χ1) is 11.2. The molecule has 0 aliphatic carbocycles. The third-order valence-electron chi connectivity index (χ3n) is 3.54. The molecule has 0 spiro atoms. The number of hydrogen-bond acceptors (Lipinski definition) is 7. The lowest BCUT2D eigenvalue weighted by Gasteiger charge is -2.24.